The second-order valence-electron chi connectivity index (χ2n) is 5.53. The van der Waals surface area contributed by atoms with Crippen LogP contribution in [0.15, 0.2) is 29.6 Å². The number of aromatic nitrogens is 3. The van der Waals surface area contributed by atoms with Crippen molar-refractivity contribution < 1.29 is 5.11 Å². The lowest BCUT2D eigenvalue weighted by molar-refractivity contribution is 0.162. The van der Waals surface area contributed by atoms with E-state index in [1.807, 2.05) is 28.8 Å². The van der Waals surface area contributed by atoms with Crippen molar-refractivity contribution in [2.75, 3.05) is 12.4 Å². The Bertz CT molecular complexity index is 557. The number of thioether (sulfide) groups is 1. The SMILES string of the molecule is CC(C)NC(C)(CO)CCSc1nnc2ccccn12. The van der Waals surface area contributed by atoms with Gasteiger partial charge in [-0.15, -0.1) is 10.2 Å². The van der Waals surface area contributed by atoms with Crippen LogP contribution in [0.4, 0.5) is 0 Å². The Kier molecular flexibility index (Phi) is 5.01. The van der Waals surface area contributed by atoms with Gasteiger partial charge in [0.15, 0.2) is 10.8 Å². The van der Waals surface area contributed by atoms with Crippen LogP contribution in [0.3, 0.4) is 0 Å². The fraction of sp³-hybridized carbons (Fsp3) is 0.571. The number of pyridine rings is 1. The molecule has 0 spiro atoms. The highest BCUT2D eigenvalue weighted by Crippen LogP contribution is 2.21. The Labute approximate surface area is 123 Å². The highest BCUT2D eigenvalue weighted by molar-refractivity contribution is 7.99. The molecule has 5 nitrogen and oxygen atoms in total. The van der Waals surface area contributed by atoms with Gasteiger partial charge in [-0.1, -0.05) is 31.7 Å². The molecular weight excluding hydrogens is 272 g/mol. The minimum Gasteiger partial charge on any atom is -0.394 e. The molecule has 0 aliphatic carbocycles. The molecule has 2 N–H and O–H groups in total. The summed E-state index contributed by atoms with van der Waals surface area (Å²) in [5, 5.41) is 22.2. The molecule has 0 amide bonds. The van der Waals surface area contributed by atoms with Crippen LogP contribution in [-0.4, -0.2) is 43.6 Å². The van der Waals surface area contributed by atoms with Crippen molar-refractivity contribution in [3.05, 3.63) is 24.4 Å². The molecule has 0 saturated heterocycles. The lowest BCUT2D eigenvalue weighted by Gasteiger charge is -2.31. The van der Waals surface area contributed by atoms with Crippen LogP contribution in [0.25, 0.3) is 5.65 Å². The van der Waals surface area contributed by atoms with E-state index < -0.39 is 0 Å². The van der Waals surface area contributed by atoms with E-state index in [1.165, 1.54) is 0 Å². The lowest BCUT2D eigenvalue weighted by Crippen LogP contribution is -2.49. The number of aliphatic hydroxyl groups excluding tert-OH is 1. The molecule has 0 fully saturated rings. The third-order valence-electron chi connectivity index (χ3n) is 3.15. The molecule has 2 heterocycles. The molecule has 1 unspecified atom stereocenters. The number of nitrogens with zero attached hydrogens (tertiary/aromatic N) is 3. The molecule has 0 saturated carbocycles. The van der Waals surface area contributed by atoms with Crippen molar-refractivity contribution in [2.24, 2.45) is 0 Å². The summed E-state index contributed by atoms with van der Waals surface area (Å²) in [6.45, 7) is 6.36. The Hall–Kier alpha value is -1.11. The summed E-state index contributed by atoms with van der Waals surface area (Å²) >= 11 is 1.66. The van der Waals surface area contributed by atoms with Crippen LogP contribution >= 0.6 is 11.8 Å². The standard InChI is InChI=1S/C14H22N4OS/c1-11(2)15-14(3,10-19)7-9-20-13-17-16-12-6-4-5-8-18(12)13/h4-6,8,11,15,19H,7,9-10H2,1-3H3. The zero-order valence-electron chi connectivity index (χ0n) is 12.2. The molecule has 0 bridgehead atoms. The van der Waals surface area contributed by atoms with Crippen LogP contribution in [0.5, 0.6) is 0 Å². The minimum atomic E-state index is -0.248. The van der Waals surface area contributed by atoms with Gasteiger partial charge in [0.05, 0.1) is 6.61 Å². The van der Waals surface area contributed by atoms with Crippen molar-refractivity contribution in [1.82, 2.24) is 19.9 Å². The monoisotopic (exact) mass is 294 g/mol. The largest absolute Gasteiger partial charge is 0.394 e. The molecule has 2 aromatic rings. The summed E-state index contributed by atoms with van der Waals surface area (Å²) in [5.41, 5.74) is 0.613. The van der Waals surface area contributed by atoms with Crippen molar-refractivity contribution in [3.63, 3.8) is 0 Å². The summed E-state index contributed by atoms with van der Waals surface area (Å²) in [6, 6.07) is 6.22. The van der Waals surface area contributed by atoms with Gasteiger partial charge in [0.2, 0.25) is 0 Å². The van der Waals surface area contributed by atoms with E-state index in [0.29, 0.717) is 6.04 Å². The van der Waals surface area contributed by atoms with Crippen molar-refractivity contribution >= 4 is 17.4 Å². The Morgan fingerprint density at radius 2 is 2.20 bits per heavy atom. The van der Waals surface area contributed by atoms with Crippen LogP contribution in [-0.2, 0) is 0 Å². The summed E-state index contributed by atoms with van der Waals surface area (Å²) in [6.07, 6.45) is 2.84. The van der Waals surface area contributed by atoms with Gasteiger partial charge in [-0.3, -0.25) is 4.40 Å². The van der Waals surface area contributed by atoms with Gasteiger partial charge in [0.1, 0.15) is 0 Å². The van der Waals surface area contributed by atoms with Gasteiger partial charge in [-0.2, -0.15) is 0 Å². The van der Waals surface area contributed by atoms with E-state index in [-0.39, 0.29) is 12.1 Å². The smallest absolute Gasteiger partial charge is 0.195 e. The van der Waals surface area contributed by atoms with Crippen LogP contribution in [0.1, 0.15) is 27.2 Å². The summed E-state index contributed by atoms with van der Waals surface area (Å²) in [4.78, 5) is 0. The molecule has 1 atom stereocenters. The molecule has 0 aliphatic heterocycles. The maximum atomic E-state index is 9.56. The van der Waals surface area contributed by atoms with Gasteiger partial charge in [-0.05, 0) is 25.5 Å². The van der Waals surface area contributed by atoms with E-state index in [0.717, 1.165) is 23.0 Å². The highest BCUT2D eigenvalue weighted by atomic mass is 32.2. The number of rotatable bonds is 7. The third kappa shape index (κ3) is 3.71. The van der Waals surface area contributed by atoms with E-state index in [9.17, 15) is 5.11 Å². The summed E-state index contributed by atoms with van der Waals surface area (Å²) in [7, 11) is 0. The second-order valence-corrected chi connectivity index (χ2v) is 6.59. The Morgan fingerprint density at radius 1 is 1.40 bits per heavy atom. The molecule has 2 rings (SSSR count). The van der Waals surface area contributed by atoms with E-state index in [2.05, 4.69) is 36.3 Å². The van der Waals surface area contributed by atoms with Gasteiger partial charge in [0, 0.05) is 23.5 Å². The van der Waals surface area contributed by atoms with Crippen molar-refractivity contribution in [2.45, 2.75) is 43.9 Å². The van der Waals surface area contributed by atoms with Crippen LogP contribution < -0.4 is 5.32 Å². The van der Waals surface area contributed by atoms with E-state index in [1.54, 1.807) is 11.8 Å². The molecular formula is C14H22N4OS. The van der Waals surface area contributed by atoms with Gasteiger partial charge < -0.3 is 10.4 Å². The summed E-state index contributed by atoms with van der Waals surface area (Å²) in [5.74, 6) is 0.881. The third-order valence-corrected chi connectivity index (χ3v) is 4.10. The summed E-state index contributed by atoms with van der Waals surface area (Å²) < 4.78 is 1.98. The van der Waals surface area contributed by atoms with Crippen LogP contribution in [0.2, 0.25) is 0 Å². The normalized spacial score (nSPS) is 14.8. The second kappa shape index (κ2) is 6.56. The highest BCUT2D eigenvalue weighted by Gasteiger charge is 2.23. The predicted molar refractivity (Wildman–Crippen MR) is 82.1 cm³/mol. The van der Waals surface area contributed by atoms with Gasteiger partial charge in [0.25, 0.3) is 0 Å². The minimum absolute atomic E-state index is 0.131. The predicted octanol–water partition coefficient (Wildman–Crippen LogP) is 1.96. The first kappa shape index (κ1) is 15.3. The Morgan fingerprint density at radius 3 is 2.90 bits per heavy atom. The fourth-order valence-corrected chi connectivity index (χ4v) is 3.31. The Balaban J connectivity index is 1.95. The average Bonchev–Trinajstić information content (AvgIpc) is 2.82. The van der Waals surface area contributed by atoms with E-state index >= 15 is 0 Å². The molecule has 0 aliphatic rings. The molecule has 110 valence electrons. The zero-order chi connectivity index (χ0) is 14.6. The fourth-order valence-electron chi connectivity index (χ4n) is 2.18. The first-order chi connectivity index (χ1) is 9.54. The van der Waals surface area contributed by atoms with Gasteiger partial charge >= 0.3 is 0 Å². The van der Waals surface area contributed by atoms with Gasteiger partial charge in [-0.25, -0.2) is 0 Å². The number of nitrogens with one attached hydrogen (secondary N) is 1. The average molecular weight is 294 g/mol. The first-order valence-corrected chi connectivity index (χ1v) is 7.84. The molecule has 0 radical (unpaired) electrons. The molecule has 2 aromatic heterocycles. The maximum absolute atomic E-state index is 9.56. The number of fused-ring (bicyclic) bond motifs is 1. The van der Waals surface area contributed by atoms with Crippen LogP contribution in [0, 0.1) is 0 Å². The maximum Gasteiger partial charge on any atom is 0.195 e. The molecule has 6 heteroatoms. The number of hydrogen-bond acceptors (Lipinski definition) is 5. The van der Waals surface area contributed by atoms with Crippen molar-refractivity contribution in [1.29, 1.82) is 0 Å². The molecule has 20 heavy (non-hydrogen) atoms. The number of hydrogen-bond donors (Lipinski definition) is 2. The quantitative estimate of drug-likeness (QED) is 0.764. The first-order valence-electron chi connectivity index (χ1n) is 6.85. The topological polar surface area (TPSA) is 62.5 Å². The molecule has 0 aromatic carbocycles. The zero-order valence-corrected chi connectivity index (χ0v) is 13.0. The van der Waals surface area contributed by atoms with E-state index in [4.69, 9.17) is 0 Å². The number of aliphatic hydroxyl groups is 1. The lowest BCUT2D eigenvalue weighted by atomic mass is 9.99. The van der Waals surface area contributed by atoms with Crippen molar-refractivity contribution in [3.8, 4) is 0 Å².